The third-order valence-electron chi connectivity index (χ3n) is 3.87. The molecule has 1 amide bonds. The smallest absolute Gasteiger partial charge is 0.270 e. The fourth-order valence-corrected chi connectivity index (χ4v) is 4.87. The molecule has 9 heteroatoms. The van der Waals surface area contributed by atoms with E-state index in [0.717, 1.165) is 36.2 Å². The standard InChI is InChI=1S/C15H18N4O3S2/c1-2-13(20)16-14-17-18-15(23-14)24(21,22)19-12-9-5-7-10-6-3-4-8-11(10)12/h3-4,6,8,12,19H,2,5,7,9H2,1H3,(H,16,17,20)/t12-/m0/s1. The summed E-state index contributed by atoms with van der Waals surface area (Å²) in [6, 6.07) is 7.59. The molecule has 2 N–H and O–H groups in total. The van der Waals surface area contributed by atoms with Crippen LogP contribution in [-0.2, 0) is 21.2 Å². The maximum atomic E-state index is 12.6. The minimum absolute atomic E-state index is 0.142. The lowest BCUT2D eigenvalue weighted by molar-refractivity contribution is -0.115. The van der Waals surface area contributed by atoms with E-state index in [1.54, 1.807) is 6.92 Å². The van der Waals surface area contributed by atoms with Crippen LogP contribution in [0, 0.1) is 0 Å². The Kier molecular flexibility index (Phi) is 4.93. The van der Waals surface area contributed by atoms with Crippen molar-refractivity contribution in [2.45, 2.75) is 43.0 Å². The Morgan fingerprint density at radius 1 is 1.33 bits per heavy atom. The van der Waals surface area contributed by atoms with Gasteiger partial charge in [-0.05, 0) is 30.4 Å². The maximum absolute atomic E-state index is 12.6. The van der Waals surface area contributed by atoms with Crippen LogP contribution in [0.25, 0.3) is 0 Å². The molecule has 3 rings (SSSR count). The van der Waals surface area contributed by atoms with E-state index in [2.05, 4.69) is 20.2 Å². The average Bonchev–Trinajstić information content (AvgIpc) is 3.04. The van der Waals surface area contributed by atoms with Crippen LogP contribution in [0.15, 0.2) is 28.6 Å². The van der Waals surface area contributed by atoms with Crippen molar-refractivity contribution in [2.24, 2.45) is 0 Å². The summed E-state index contributed by atoms with van der Waals surface area (Å²) in [5.41, 5.74) is 2.18. The van der Waals surface area contributed by atoms with Gasteiger partial charge in [0, 0.05) is 12.5 Å². The molecular formula is C15H18N4O3S2. The normalized spacial score (nSPS) is 17.3. The van der Waals surface area contributed by atoms with E-state index in [-0.39, 0.29) is 21.4 Å². The zero-order valence-electron chi connectivity index (χ0n) is 13.2. The molecule has 2 aromatic rings. The Morgan fingerprint density at radius 2 is 2.12 bits per heavy atom. The van der Waals surface area contributed by atoms with Crippen molar-refractivity contribution in [2.75, 3.05) is 5.32 Å². The number of rotatable bonds is 5. The van der Waals surface area contributed by atoms with E-state index in [9.17, 15) is 13.2 Å². The number of nitrogens with one attached hydrogen (secondary N) is 2. The van der Waals surface area contributed by atoms with E-state index in [4.69, 9.17) is 0 Å². The highest BCUT2D eigenvalue weighted by Gasteiger charge is 2.28. The van der Waals surface area contributed by atoms with Crippen LogP contribution in [0.2, 0.25) is 0 Å². The van der Waals surface area contributed by atoms with E-state index in [1.165, 1.54) is 5.56 Å². The first-order valence-corrected chi connectivity index (χ1v) is 10.0. The Bertz CT molecular complexity index is 848. The van der Waals surface area contributed by atoms with Gasteiger partial charge in [-0.1, -0.05) is 42.5 Å². The molecule has 0 fully saturated rings. The topological polar surface area (TPSA) is 101 Å². The molecule has 128 valence electrons. The lowest BCUT2D eigenvalue weighted by Crippen LogP contribution is -2.31. The molecule has 1 heterocycles. The summed E-state index contributed by atoms with van der Waals surface area (Å²) in [5.74, 6) is -0.232. The van der Waals surface area contributed by atoms with Crippen molar-refractivity contribution in [1.82, 2.24) is 14.9 Å². The SMILES string of the molecule is CCC(=O)Nc1nnc(S(=O)(=O)N[C@H]2CCCc3ccccc32)s1. The Balaban J connectivity index is 1.79. The maximum Gasteiger partial charge on any atom is 0.270 e. The van der Waals surface area contributed by atoms with Gasteiger partial charge >= 0.3 is 0 Å². The van der Waals surface area contributed by atoms with Gasteiger partial charge in [0.15, 0.2) is 0 Å². The second kappa shape index (κ2) is 6.96. The number of benzene rings is 1. The molecule has 1 aliphatic rings. The minimum atomic E-state index is -3.78. The van der Waals surface area contributed by atoms with Crippen molar-refractivity contribution < 1.29 is 13.2 Å². The molecule has 1 aromatic heterocycles. The highest BCUT2D eigenvalue weighted by atomic mass is 32.2. The number of nitrogens with zero attached hydrogens (tertiary/aromatic N) is 2. The number of hydrogen-bond acceptors (Lipinski definition) is 6. The van der Waals surface area contributed by atoms with Crippen LogP contribution >= 0.6 is 11.3 Å². The number of carbonyl (C=O) groups excluding carboxylic acids is 1. The molecule has 0 spiro atoms. The van der Waals surface area contributed by atoms with Gasteiger partial charge in [0.05, 0.1) is 0 Å². The summed E-state index contributed by atoms with van der Waals surface area (Å²) in [7, 11) is -3.78. The summed E-state index contributed by atoms with van der Waals surface area (Å²) in [6.07, 6.45) is 2.92. The molecule has 1 aromatic carbocycles. The van der Waals surface area contributed by atoms with E-state index >= 15 is 0 Å². The van der Waals surface area contributed by atoms with E-state index in [0.29, 0.717) is 6.42 Å². The molecule has 1 atom stereocenters. The average molecular weight is 366 g/mol. The van der Waals surface area contributed by atoms with E-state index in [1.807, 2.05) is 24.3 Å². The van der Waals surface area contributed by atoms with Crippen molar-refractivity contribution in [1.29, 1.82) is 0 Å². The Labute approximate surface area is 144 Å². The third-order valence-corrected chi connectivity index (χ3v) is 6.55. The molecular weight excluding hydrogens is 348 g/mol. The Morgan fingerprint density at radius 3 is 2.92 bits per heavy atom. The monoisotopic (exact) mass is 366 g/mol. The van der Waals surface area contributed by atoms with Crippen molar-refractivity contribution in [3.8, 4) is 0 Å². The lowest BCUT2D eigenvalue weighted by atomic mass is 9.88. The summed E-state index contributed by atoms with van der Waals surface area (Å²) in [4.78, 5) is 11.4. The molecule has 0 radical (unpaired) electrons. The van der Waals surface area contributed by atoms with Crippen LogP contribution in [0.4, 0.5) is 5.13 Å². The molecule has 0 unspecified atom stereocenters. The van der Waals surface area contributed by atoms with Gasteiger partial charge in [0.2, 0.25) is 15.4 Å². The number of fused-ring (bicyclic) bond motifs is 1. The summed E-state index contributed by atoms with van der Waals surface area (Å²) >= 11 is 0.849. The molecule has 0 saturated carbocycles. The number of aryl methyl sites for hydroxylation is 1. The first-order valence-electron chi connectivity index (χ1n) is 7.73. The number of carbonyl (C=O) groups is 1. The summed E-state index contributed by atoms with van der Waals surface area (Å²) < 4.78 is 27.7. The first-order chi connectivity index (χ1) is 11.5. The van der Waals surface area contributed by atoms with Crippen molar-refractivity contribution in [3.63, 3.8) is 0 Å². The largest absolute Gasteiger partial charge is 0.301 e. The lowest BCUT2D eigenvalue weighted by Gasteiger charge is -2.25. The number of aromatic nitrogens is 2. The zero-order valence-corrected chi connectivity index (χ0v) is 14.8. The highest BCUT2D eigenvalue weighted by Crippen LogP contribution is 2.31. The Hall–Kier alpha value is -1.84. The number of hydrogen-bond donors (Lipinski definition) is 2. The molecule has 24 heavy (non-hydrogen) atoms. The van der Waals surface area contributed by atoms with Gasteiger partial charge in [-0.15, -0.1) is 10.2 Å². The van der Waals surface area contributed by atoms with Gasteiger partial charge in [-0.2, -0.15) is 0 Å². The molecule has 1 aliphatic carbocycles. The summed E-state index contributed by atoms with van der Waals surface area (Å²) in [5, 5.41) is 10.1. The van der Waals surface area contributed by atoms with Crippen LogP contribution in [-0.4, -0.2) is 24.5 Å². The van der Waals surface area contributed by atoms with Gasteiger partial charge in [0.25, 0.3) is 10.0 Å². The number of amides is 1. The van der Waals surface area contributed by atoms with E-state index < -0.39 is 10.0 Å². The third kappa shape index (κ3) is 3.63. The molecule has 0 aliphatic heterocycles. The highest BCUT2D eigenvalue weighted by molar-refractivity contribution is 7.91. The minimum Gasteiger partial charge on any atom is -0.301 e. The van der Waals surface area contributed by atoms with Crippen molar-refractivity contribution in [3.05, 3.63) is 35.4 Å². The van der Waals surface area contributed by atoms with Gasteiger partial charge in [-0.3, -0.25) is 4.79 Å². The predicted octanol–water partition coefficient (Wildman–Crippen LogP) is 2.24. The van der Waals surface area contributed by atoms with Gasteiger partial charge < -0.3 is 5.32 Å². The van der Waals surface area contributed by atoms with Gasteiger partial charge in [-0.25, -0.2) is 13.1 Å². The number of anilines is 1. The molecule has 0 saturated heterocycles. The zero-order chi connectivity index (χ0) is 17.2. The van der Waals surface area contributed by atoms with Crippen LogP contribution in [0.1, 0.15) is 43.4 Å². The predicted molar refractivity (Wildman–Crippen MR) is 91.3 cm³/mol. The quantitative estimate of drug-likeness (QED) is 0.790. The first kappa shape index (κ1) is 17.0. The fourth-order valence-electron chi connectivity index (χ4n) is 2.69. The fraction of sp³-hybridized carbons (Fsp3) is 0.400. The molecule has 0 bridgehead atoms. The molecule has 7 nitrogen and oxygen atoms in total. The number of sulfonamides is 1. The van der Waals surface area contributed by atoms with Crippen molar-refractivity contribution >= 4 is 32.4 Å². The van der Waals surface area contributed by atoms with Crippen LogP contribution in [0.3, 0.4) is 0 Å². The second-order valence-corrected chi connectivity index (χ2v) is 8.40. The van der Waals surface area contributed by atoms with Crippen LogP contribution < -0.4 is 10.0 Å². The summed E-state index contributed by atoms with van der Waals surface area (Å²) in [6.45, 7) is 1.70. The van der Waals surface area contributed by atoms with Gasteiger partial charge in [0.1, 0.15) is 0 Å². The van der Waals surface area contributed by atoms with Crippen LogP contribution in [0.5, 0.6) is 0 Å². The second-order valence-electron chi connectivity index (χ2n) is 5.54.